The number of halogens is 3. The van der Waals surface area contributed by atoms with Gasteiger partial charge in [0.1, 0.15) is 12.4 Å². The van der Waals surface area contributed by atoms with Gasteiger partial charge in [-0.3, -0.25) is 14.2 Å². The third-order valence-corrected chi connectivity index (χ3v) is 4.77. The Morgan fingerprint density at radius 3 is 2.59 bits per heavy atom. The van der Waals surface area contributed by atoms with Crippen LogP contribution in [0.25, 0.3) is 10.9 Å². The number of hydrogen-bond donors (Lipinski definition) is 1. The van der Waals surface area contributed by atoms with Gasteiger partial charge in [-0.1, -0.05) is 18.2 Å². The molecule has 0 bridgehead atoms. The predicted molar refractivity (Wildman–Crippen MR) is 96.2 cm³/mol. The lowest BCUT2D eigenvalue weighted by atomic mass is 10.2. The summed E-state index contributed by atoms with van der Waals surface area (Å²) in [6.45, 7) is -0.352. The zero-order valence-corrected chi connectivity index (χ0v) is 14.7. The fraction of sp³-hybridized carbons (Fsp3) is 0.167. The first-order chi connectivity index (χ1) is 12.8. The largest absolute Gasteiger partial charge is 0.416 e. The molecule has 0 fully saturated rings. The Bertz CT molecular complexity index is 1060. The standard InChI is InChI=1S/C18H14F3N3O2S/c19-18(20,21)11-4-3-5-12(8-11)27-10-16-23-14-7-2-1-6-13(14)17(26)24(16)9-15(22)25/h1-8H,9-10H2,(H2,22,25). The third-order valence-electron chi connectivity index (χ3n) is 3.78. The topological polar surface area (TPSA) is 78.0 Å². The Morgan fingerprint density at radius 2 is 1.89 bits per heavy atom. The Hall–Kier alpha value is -2.81. The minimum absolute atomic E-state index is 0.106. The van der Waals surface area contributed by atoms with Crippen LogP contribution in [0.2, 0.25) is 0 Å². The SMILES string of the molecule is NC(=O)Cn1c(CSc2cccc(C(F)(F)F)c2)nc2ccccc2c1=O. The average molecular weight is 393 g/mol. The van der Waals surface area contributed by atoms with Gasteiger partial charge >= 0.3 is 6.18 Å². The van der Waals surface area contributed by atoms with Gasteiger partial charge in [0.2, 0.25) is 5.91 Å². The van der Waals surface area contributed by atoms with Crippen LogP contribution < -0.4 is 11.3 Å². The van der Waals surface area contributed by atoms with Gasteiger partial charge in [-0.25, -0.2) is 4.98 Å². The van der Waals surface area contributed by atoms with Crippen molar-refractivity contribution in [3.05, 3.63) is 70.3 Å². The number of carbonyl (C=O) groups is 1. The summed E-state index contributed by atoms with van der Waals surface area (Å²) >= 11 is 1.09. The Balaban J connectivity index is 1.97. The molecule has 9 heteroatoms. The first kappa shape index (κ1) is 19.0. The van der Waals surface area contributed by atoms with Crippen LogP contribution in [0.4, 0.5) is 13.2 Å². The van der Waals surface area contributed by atoms with Gasteiger partial charge in [-0.2, -0.15) is 13.2 Å². The lowest BCUT2D eigenvalue weighted by Gasteiger charge is -2.12. The van der Waals surface area contributed by atoms with Crippen LogP contribution >= 0.6 is 11.8 Å². The van der Waals surface area contributed by atoms with Crippen molar-refractivity contribution in [2.75, 3.05) is 0 Å². The maximum atomic E-state index is 12.8. The van der Waals surface area contributed by atoms with E-state index in [4.69, 9.17) is 5.73 Å². The van der Waals surface area contributed by atoms with Gasteiger partial charge in [-0.15, -0.1) is 11.8 Å². The van der Waals surface area contributed by atoms with Crippen molar-refractivity contribution in [2.24, 2.45) is 5.73 Å². The monoisotopic (exact) mass is 393 g/mol. The first-order valence-corrected chi connectivity index (χ1v) is 8.81. The number of alkyl halides is 3. The number of aromatic nitrogens is 2. The number of benzene rings is 2. The van der Waals surface area contributed by atoms with Gasteiger partial charge in [0.25, 0.3) is 5.56 Å². The van der Waals surface area contributed by atoms with Crippen LogP contribution in [-0.4, -0.2) is 15.5 Å². The van der Waals surface area contributed by atoms with Crippen molar-refractivity contribution < 1.29 is 18.0 Å². The number of amides is 1. The normalized spacial score (nSPS) is 11.7. The van der Waals surface area contributed by atoms with Gasteiger partial charge < -0.3 is 5.73 Å². The number of nitrogens with two attached hydrogens (primary N) is 1. The lowest BCUT2D eigenvalue weighted by molar-refractivity contribution is -0.137. The highest BCUT2D eigenvalue weighted by Crippen LogP contribution is 2.32. The van der Waals surface area contributed by atoms with Gasteiger partial charge in [0.05, 0.1) is 22.2 Å². The molecular weight excluding hydrogens is 379 g/mol. The first-order valence-electron chi connectivity index (χ1n) is 7.82. The van der Waals surface area contributed by atoms with Crippen LogP contribution in [-0.2, 0) is 23.3 Å². The molecule has 0 radical (unpaired) electrons. The summed E-state index contributed by atoms with van der Waals surface area (Å²) in [5, 5.41) is 0.339. The molecule has 140 valence electrons. The summed E-state index contributed by atoms with van der Waals surface area (Å²) < 4.78 is 39.7. The van der Waals surface area contributed by atoms with E-state index in [1.807, 2.05) is 0 Å². The molecule has 0 atom stereocenters. The van der Waals surface area contributed by atoms with Crippen molar-refractivity contribution in [2.45, 2.75) is 23.4 Å². The Morgan fingerprint density at radius 1 is 1.15 bits per heavy atom. The maximum Gasteiger partial charge on any atom is 0.416 e. The summed E-state index contributed by atoms with van der Waals surface area (Å²) in [6, 6.07) is 11.5. The molecule has 27 heavy (non-hydrogen) atoms. The molecule has 2 aromatic carbocycles. The molecule has 0 aliphatic rings. The van der Waals surface area contributed by atoms with Crippen LogP contribution in [0, 0.1) is 0 Å². The molecule has 0 aliphatic carbocycles. The molecule has 0 saturated heterocycles. The van der Waals surface area contributed by atoms with E-state index >= 15 is 0 Å². The maximum absolute atomic E-state index is 12.8. The fourth-order valence-corrected chi connectivity index (χ4v) is 3.45. The number of rotatable bonds is 5. The molecule has 2 N–H and O–H groups in total. The van der Waals surface area contributed by atoms with E-state index in [2.05, 4.69) is 4.98 Å². The smallest absolute Gasteiger partial charge is 0.368 e. The molecule has 0 saturated carbocycles. The molecule has 1 heterocycles. The molecule has 3 rings (SSSR count). The molecule has 5 nitrogen and oxygen atoms in total. The number of carbonyl (C=O) groups excluding carboxylic acids is 1. The van der Waals surface area contributed by atoms with E-state index in [1.54, 1.807) is 24.3 Å². The Labute approximate surface area is 156 Å². The predicted octanol–water partition coefficient (Wildman–Crippen LogP) is 3.19. The number of para-hydroxylation sites is 1. The molecular formula is C18H14F3N3O2S. The molecule has 1 aromatic heterocycles. The molecule has 3 aromatic rings. The summed E-state index contributed by atoms with van der Waals surface area (Å²) in [4.78, 5) is 28.7. The van der Waals surface area contributed by atoms with E-state index in [0.717, 1.165) is 28.5 Å². The van der Waals surface area contributed by atoms with Crippen LogP contribution in [0.1, 0.15) is 11.4 Å². The van der Waals surface area contributed by atoms with E-state index in [0.29, 0.717) is 15.8 Å². The highest BCUT2D eigenvalue weighted by atomic mass is 32.2. The van der Waals surface area contributed by atoms with Crippen LogP contribution in [0.15, 0.2) is 58.2 Å². The van der Waals surface area contributed by atoms with Crippen molar-refractivity contribution in [3.8, 4) is 0 Å². The number of fused-ring (bicyclic) bond motifs is 1. The van der Waals surface area contributed by atoms with E-state index in [-0.39, 0.29) is 18.1 Å². The van der Waals surface area contributed by atoms with Crippen LogP contribution in [0.5, 0.6) is 0 Å². The summed E-state index contributed by atoms with van der Waals surface area (Å²) in [5.41, 5.74) is 4.50. The molecule has 0 aliphatic heterocycles. The van der Waals surface area contributed by atoms with Crippen molar-refractivity contribution in [1.82, 2.24) is 9.55 Å². The van der Waals surface area contributed by atoms with E-state index < -0.39 is 23.2 Å². The number of nitrogens with zero attached hydrogens (tertiary/aromatic N) is 2. The van der Waals surface area contributed by atoms with Gasteiger partial charge in [0, 0.05) is 4.90 Å². The zero-order chi connectivity index (χ0) is 19.6. The van der Waals surface area contributed by atoms with Crippen molar-refractivity contribution in [3.63, 3.8) is 0 Å². The second-order valence-electron chi connectivity index (χ2n) is 5.72. The lowest BCUT2D eigenvalue weighted by Crippen LogP contribution is -2.31. The second kappa shape index (κ2) is 7.43. The van der Waals surface area contributed by atoms with E-state index in [1.165, 1.54) is 12.1 Å². The molecule has 0 unspecified atom stereocenters. The number of primary amides is 1. The average Bonchev–Trinajstić information content (AvgIpc) is 2.62. The molecule has 1 amide bonds. The van der Waals surface area contributed by atoms with Gasteiger partial charge in [-0.05, 0) is 30.3 Å². The zero-order valence-electron chi connectivity index (χ0n) is 13.9. The number of hydrogen-bond acceptors (Lipinski definition) is 4. The van der Waals surface area contributed by atoms with E-state index in [9.17, 15) is 22.8 Å². The fourth-order valence-electron chi connectivity index (χ4n) is 2.55. The summed E-state index contributed by atoms with van der Waals surface area (Å²) in [6.07, 6.45) is -4.44. The van der Waals surface area contributed by atoms with Crippen molar-refractivity contribution >= 4 is 28.6 Å². The summed E-state index contributed by atoms with van der Waals surface area (Å²) in [5.74, 6) is -0.339. The highest BCUT2D eigenvalue weighted by molar-refractivity contribution is 7.98. The third kappa shape index (κ3) is 4.30. The second-order valence-corrected chi connectivity index (χ2v) is 6.77. The molecule has 0 spiro atoms. The van der Waals surface area contributed by atoms with Gasteiger partial charge in [0.15, 0.2) is 0 Å². The van der Waals surface area contributed by atoms with Crippen molar-refractivity contribution in [1.29, 1.82) is 0 Å². The minimum atomic E-state index is -4.44. The quantitative estimate of drug-likeness (QED) is 0.676. The minimum Gasteiger partial charge on any atom is -0.368 e. The van der Waals surface area contributed by atoms with Crippen LogP contribution in [0.3, 0.4) is 0 Å². The Kier molecular flexibility index (Phi) is 5.22. The number of thioether (sulfide) groups is 1. The highest BCUT2D eigenvalue weighted by Gasteiger charge is 2.30. The summed E-state index contributed by atoms with van der Waals surface area (Å²) in [7, 11) is 0.